The highest BCUT2D eigenvalue weighted by molar-refractivity contribution is 8.02. The summed E-state index contributed by atoms with van der Waals surface area (Å²) in [6, 6.07) is 4.17. The van der Waals surface area contributed by atoms with Gasteiger partial charge in [0.2, 0.25) is 11.0 Å². The van der Waals surface area contributed by atoms with Crippen molar-refractivity contribution in [3.63, 3.8) is 0 Å². The Morgan fingerprint density at radius 1 is 1.23 bits per heavy atom. The number of nitrogens with one attached hydrogen (secondary N) is 1. The Kier molecular flexibility index (Phi) is 6.16. The van der Waals surface area contributed by atoms with Gasteiger partial charge in [0.1, 0.15) is 0 Å². The number of hydrogen-bond acceptors (Lipinski definition) is 7. The molecule has 0 saturated carbocycles. The number of thioether (sulfide) groups is 1. The van der Waals surface area contributed by atoms with Gasteiger partial charge in [-0.05, 0) is 38.8 Å². The molecule has 6 nitrogen and oxygen atoms in total. The van der Waals surface area contributed by atoms with E-state index in [1.54, 1.807) is 0 Å². The van der Waals surface area contributed by atoms with Gasteiger partial charge in [-0.25, -0.2) is 0 Å². The molecule has 1 aliphatic rings. The van der Waals surface area contributed by atoms with Gasteiger partial charge >= 0.3 is 0 Å². The van der Waals surface area contributed by atoms with E-state index in [4.69, 9.17) is 4.74 Å². The van der Waals surface area contributed by atoms with Crippen LogP contribution in [0.3, 0.4) is 0 Å². The van der Waals surface area contributed by atoms with Gasteiger partial charge < -0.3 is 15.0 Å². The number of carbonyl (C=O) groups is 1. The lowest BCUT2D eigenvalue weighted by atomic mass is 10.1. The molecule has 3 rings (SSSR count). The number of morpholine rings is 1. The van der Waals surface area contributed by atoms with E-state index in [1.807, 2.05) is 20.8 Å². The van der Waals surface area contributed by atoms with Crippen LogP contribution < -0.4 is 10.2 Å². The van der Waals surface area contributed by atoms with Gasteiger partial charge in [0.05, 0.1) is 18.5 Å². The van der Waals surface area contributed by atoms with E-state index in [0.29, 0.717) is 0 Å². The van der Waals surface area contributed by atoms with Gasteiger partial charge in [-0.1, -0.05) is 40.8 Å². The molecule has 1 aliphatic heterocycles. The van der Waals surface area contributed by atoms with Gasteiger partial charge in [0.15, 0.2) is 4.34 Å². The van der Waals surface area contributed by atoms with E-state index in [2.05, 4.69) is 39.5 Å². The quantitative estimate of drug-likeness (QED) is 0.787. The zero-order valence-corrected chi connectivity index (χ0v) is 17.2. The molecule has 1 N–H and O–H groups in total. The Balaban J connectivity index is 1.62. The van der Waals surface area contributed by atoms with Crippen LogP contribution >= 0.6 is 23.1 Å². The van der Waals surface area contributed by atoms with Crippen LogP contribution in [0.4, 0.5) is 10.8 Å². The minimum absolute atomic E-state index is 0.0202. The molecule has 2 aromatic rings. The van der Waals surface area contributed by atoms with Gasteiger partial charge in [-0.15, -0.1) is 10.2 Å². The number of carbonyl (C=O) groups excluding carboxylic acids is 1. The summed E-state index contributed by atoms with van der Waals surface area (Å²) in [7, 11) is 0. The third-order valence-electron chi connectivity index (χ3n) is 4.25. The molecule has 0 spiro atoms. The first-order valence-electron chi connectivity index (χ1n) is 8.65. The first-order chi connectivity index (χ1) is 12.4. The molecular formula is C18H24N4O2S2. The monoisotopic (exact) mass is 392 g/mol. The van der Waals surface area contributed by atoms with Crippen molar-refractivity contribution in [3.05, 3.63) is 28.8 Å². The standard InChI is InChI=1S/C18H24N4O2S2/c1-11-9-12(2)15(13(3)10-11)19-16(23)14(4)25-18-21-20-17(26-18)22-5-7-24-8-6-22/h9-10,14H,5-8H2,1-4H3,(H,19,23). The average Bonchev–Trinajstić information content (AvgIpc) is 3.07. The van der Waals surface area contributed by atoms with Gasteiger partial charge in [0, 0.05) is 18.8 Å². The molecule has 8 heteroatoms. The highest BCUT2D eigenvalue weighted by atomic mass is 32.2. The molecule has 1 atom stereocenters. The number of aryl methyl sites for hydroxylation is 3. The second-order valence-corrected chi connectivity index (χ2v) is 9.02. The minimum Gasteiger partial charge on any atom is -0.378 e. The number of hydrogen-bond donors (Lipinski definition) is 1. The fraction of sp³-hybridized carbons (Fsp3) is 0.500. The molecule has 1 unspecified atom stereocenters. The van der Waals surface area contributed by atoms with Crippen molar-refractivity contribution in [2.75, 3.05) is 36.5 Å². The Bertz CT molecular complexity index is 764. The fourth-order valence-electron chi connectivity index (χ4n) is 2.94. The first-order valence-corrected chi connectivity index (χ1v) is 10.3. The highest BCUT2D eigenvalue weighted by Gasteiger charge is 2.21. The summed E-state index contributed by atoms with van der Waals surface area (Å²) in [5, 5.41) is 12.2. The number of benzene rings is 1. The topological polar surface area (TPSA) is 67.4 Å². The number of rotatable bonds is 5. The summed E-state index contributed by atoms with van der Waals surface area (Å²) in [5.74, 6) is -0.0202. The van der Waals surface area contributed by atoms with Crippen LogP contribution in [0, 0.1) is 20.8 Å². The largest absolute Gasteiger partial charge is 0.378 e. The third-order valence-corrected chi connectivity index (χ3v) is 6.42. The third kappa shape index (κ3) is 4.55. The molecule has 1 fully saturated rings. The zero-order chi connectivity index (χ0) is 18.7. The summed E-state index contributed by atoms with van der Waals surface area (Å²) >= 11 is 2.98. The second kappa shape index (κ2) is 8.37. The molecule has 0 aliphatic carbocycles. The van der Waals surface area contributed by atoms with Crippen LogP contribution in [-0.4, -0.2) is 47.7 Å². The molecule has 1 aromatic heterocycles. The van der Waals surface area contributed by atoms with Crippen molar-refractivity contribution in [2.45, 2.75) is 37.3 Å². The molecular weight excluding hydrogens is 368 g/mol. The Hall–Kier alpha value is -1.64. The Labute approximate surface area is 162 Å². The maximum absolute atomic E-state index is 12.6. The Morgan fingerprint density at radius 2 is 1.88 bits per heavy atom. The van der Waals surface area contributed by atoms with E-state index in [1.165, 1.54) is 28.7 Å². The maximum atomic E-state index is 12.6. The lowest BCUT2D eigenvalue weighted by Crippen LogP contribution is -2.36. The summed E-state index contributed by atoms with van der Waals surface area (Å²) in [4.78, 5) is 14.8. The van der Waals surface area contributed by atoms with E-state index >= 15 is 0 Å². The van der Waals surface area contributed by atoms with Crippen molar-refractivity contribution in [2.24, 2.45) is 0 Å². The summed E-state index contributed by atoms with van der Waals surface area (Å²) in [6.07, 6.45) is 0. The molecule has 1 amide bonds. The molecule has 26 heavy (non-hydrogen) atoms. The number of amides is 1. The average molecular weight is 393 g/mol. The van der Waals surface area contributed by atoms with Gasteiger partial charge in [-0.2, -0.15) is 0 Å². The van der Waals surface area contributed by atoms with Crippen LogP contribution in [0.1, 0.15) is 23.6 Å². The first kappa shape index (κ1) is 19.1. The zero-order valence-electron chi connectivity index (χ0n) is 15.5. The van der Waals surface area contributed by atoms with Crippen molar-refractivity contribution in [1.29, 1.82) is 0 Å². The minimum atomic E-state index is -0.249. The lowest BCUT2D eigenvalue weighted by Gasteiger charge is -2.25. The molecule has 0 bridgehead atoms. The van der Waals surface area contributed by atoms with E-state index < -0.39 is 0 Å². The smallest absolute Gasteiger partial charge is 0.237 e. The number of ether oxygens (including phenoxy) is 1. The van der Waals surface area contributed by atoms with Crippen molar-refractivity contribution in [3.8, 4) is 0 Å². The second-order valence-electron chi connectivity index (χ2n) is 6.47. The summed E-state index contributed by atoms with van der Waals surface area (Å²) < 4.78 is 6.18. The lowest BCUT2D eigenvalue weighted by molar-refractivity contribution is -0.115. The fourth-order valence-corrected chi connectivity index (χ4v) is 4.98. The van der Waals surface area contributed by atoms with Gasteiger partial charge in [-0.3, -0.25) is 4.79 Å². The van der Waals surface area contributed by atoms with E-state index in [-0.39, 0.29) is 11.2 Å². The van der Waals surface area contributed by atoms with E-state index in [9.17, 15) is 4.79 Å². The summed E-state index contributed by atoms with van der Waals surface area (Å²) in [5.41, 5.74) is 4.27. The number of anilines is 2. The SMILES string of the molecule is Cc1cc(C)c(NC(=O)C(C)Sc2nnc(N3CCOCC3)s2)c(C)c1. The molecule has 1 saturated heterocycles. The molecule has 2 heterocycles. The number of aromatic nitrogens is 2. The predicted octanol–water partition coefficient (Wildman–Crippen LogP) is 3.42. The Morgan fingerprint density at radius 3 is 2.54 bits per heavy atom. The highest BCUT2D eigenvalue weighted by Crippen LogP contribution is 2.32. The van der Waals surface area contributed by atoms with Crippen LogP contribution in [-0.2, 0) is 9.53 Å². The van der Waals surface area contributed by atoms with Crippen LogP contribution in [0.2, 0.25) is 0 Å². The molecule has 1 aromatic carbocycles. The van der Waals surface area contributed by atoms with Crippen molar-refractivity contribution < 1.29 is 9.53 Å². The predicted molar refractivity (Wildman–Crippen MR) is 108 cm³/mol. The molecule has 140 valence electrons. The van der Waals surface area contributed by atoms with E-state index in [0.717, 1.165) is 52.6 Å². The van der Waals surface area contributed by atoms with Crippen molar-refractivity contribution >= 4 is 39.8 Å². The molecule has 0 radical (unpaired) electrons. The van der Waals surface area contributed by atoms with Crippen LogP contribution in [0.25, 0.3) is 0 Å². The van der Waals surface area contributed by atoms with Crippen molar-refractivity contribution in [1.82, 2.24) is 10.2 Å². The van der Waals surface area contributed by atoms with Gasteiger partial charge in [0.25, 0.3) is 0 Å². The van der Waals surface area contributed by atoms with Crippen LogP contribution in [0.5, 0.6) is 0 Å². The maximum Gasteiger partial charge on any atom is 0.237 e. The number of nitrogens with zero attached hydrogens (tertiary/aromatic N) is 3. The van der Waals surface area contributed by atoms with Crippen LogP contribution in [0.15, 0.2) is 16.5 Å². The normalized spacial score (nSPS) is 15.8. The summed E-state index contributed by atoms with van der Waals surface area (Å²) in [6.45, 7) is 11.1.